The van der Waals surface area contributed by atoms with Gasteiger partial charge in [0.1, 0.15) is 17.3 Å². The zero-order valence-electron chi connectivity index (χ0n) is 14.1. The lowest BCUT2D eigenvalue weighted by atomic mass is 10.1. The standard InChI is InChI=1S/C19H17N5O2/c1-13-10-18(24-26-13)22-17-11-16(14-6-3-2-4-7-14)21-19(23-17)20-12-15-8-5-9-25-15/h2-11H,12H2,1H3,(H2,20,21,22,23,24). The first-order chi connectivity index (χ1) is 12.8. The fraction of sp³-hybridized carbons (Fsp3) is 0.105. The first-order valence-corrected chi connectivity index (χ1v) is 8.17. The minimum Gasteiger partial charge on any atom is -0.467 e. The third kappa shape index (κ3) is 3.72. The van der Waals surface area contributed by atoms with Gasteiger partial charge >= 0.3 is 0 Å². The van der Waals surface area contributed by atoms with E-state index in [-0.39, 0.29) is 0 Å². The van der Waals surface area contributed by atoms with Crippen LogP contribution < -0.4 is 10.6 Å². The number of furan rings is 1. The molecular weight excluding hydrogens is 330 g/mol. The number of nitrogens with one attached hydrogen (secondary N) is 2. The van der Waals surface area contributed by atoms with Gasteiger partial charge < -0.3 is 19.6 Å². The van der Waals surface area contributed by atoms with Crippen molar-refractivity contribution in [1.82, 2.24) is 15.1 Å². The third-order valence-electron chi connectivity index (χ3n) is 3.68. The molecule has 0 unspecified atom stereocenters. The van der Waals surface area contributed by atoms with Crippen molar-refractivity contribution in [3.63, 3.8) is 0 Å². The van der Waals surface area contributed by atoms with E-state index >= 15 is 0 Å². The second-order valence-electron chi connectivity index (χ2n) is 5.71. The molecule has 0 fully saturated rings. The largest absolute Gasteiger partial charge is 0.467 e. The summed E-state index contributed by atoms with van der Waals surface area (Å²) in [6.07, 6.45) is 1.64. The second-order valence-corrected chi connectivity index (χ2v) is 5.71. The van der Waals surface area contributed by atoms with Gasteiger partial charge in [0, 0.05) is 17.7 Å². The molecule has 26 heavy (non-hydrogen) atoms. The molecule has 3 heterocycles. The Morgan fingerprint density at radius 3 is 2.58 bits per heavy atom. The van der Waals surface area contributed by atoms with Crippen LogP contribution in [-0.4, -0.2) is 15.1 Å². The van der Waals surface area contributed by atoms with Gasteiger partial charge in [0.25, 0.3) is 0 Å². The van der Waals surface area contributed by atoms with E-state index in [0.29, 0.717) is 24.1 Å². The maximum atomic E-state index is 5.34. The maximum Gasteiger partial charge on any atom is 0.225 e. The van der Waals surface area contributed by atoms with Gasteiger partial charge in [-0.25, -0.2) is 4.98 Å². The number of nitrogens with zero attached hydrogens (tertiary/aromatic N) is 3. The van der Waals surface area contributed by atoms with E-state index in [1.807, 2.05) is 55.5 Å². The number of rotatable bonds is 6. The molecule has 0 saturated carbocycles. The van der Waals surface area contributed by atoms with E-state index in [1.165, 1.54) is 0 Å². The molecule has 3 aromatic heterocycles. The topological polar surface area (TPSA) is 89.0 Å². The van der Waals surface area contributed by atoms with E-state index in [4.69, 9.17) is 8.94 Å². The van der Waals surface area contributed by atoms with Gasteiger partial charge in [0.15, 0.2) is 5.82 Å². The molecule has 0 saturated heterocycles. The van der Waals surface area contributed by atoms with Crippen LogP contribution in [0, 0.1) is 6.92 Å². The first-order valence-electron chi connectivity index (χ1n) is 8.17. The first kappa shape index (κ1) is 15.9. The molecule has 0 aliphatic rings. The molecule has 0 aliphatic carbocycles. The molecule has 1 aromatic carbocycles. The smallest absolute Gasteiger partial charge is 0.225 e. The van der Waals surface area contributed by atoms with Gasteiger partial charge in [-0.15, -0.1) is 0 Å². The van der Waals surface area contributed by atoms with Crippen molar-refractivity contribution in [3.05, 3.63) is 72.4 Å². The average molecular weight is 347 g/mol. The molecule has 0 aliphatic heterocycles. The number of anilines is 3. The van der Waals surface area contributed by atoms with Gasteiger partial charge in [-0.1, -0.05) is 35.5 Å². The minimum absolute atomic E-state index is 0.491. The molecule has 4 rings (SSSR count). The lowest BCUT2D eigenvalue weighted by Gasteiger charge is -2.09. The van der Waals surface area contributed by atoms with Crippen molar-refractivity contribution in [1.29, 1.82) is 0 Å². The maximum absolute atomic E-state index is 5.34. The fourth-order valence-electron chi connectivity index (χ4n) is 2.48. The summed E-state index contributed by atoms with van der Waals surface area (Å²) < 4.78 is 10.4. The molecule has 0 spiro atoms. The molecule has 0 amide bonds. The Bertz CT molecular complexity index is 980. The molecule has 4 aromatic rings. The summed E-state index contributed by atoms with van der Waals surface area (Å²) in [5.41, 5.74) is 1.79. The zero-order chi connectivity index (χ0) is 17.8. The minimum atomic E-state index is 0.491. The molecular formula is C19H17N5O2. The summed E-state index contributed by atoms with van der Waals surface area (Å²) >= 11 is 0. The molecule has 7 heteroatoms. The van der Waals surface area contributed by atoms with Crippen molar-refractivity contribution in [3.8, 4) is 11.3 Å². The summed E-state index contributed by atoms with van der Waals surface area (Å²) in [7, 11) is 0. The van der Waals surface area contributed by atoms with Crippen molar-refractivity contribution in [2.24, 2.45) is 0 Å². The predicted molar refractivity (Wildman–Crippen MR) is 98.0 cm³/mol. The summed E-state index contributed by atoms with van der Waals surface area (Å²) in [5.74, 6) is 3.23. The van der Waals surface area contributed by atoms with Crippen molar-refractivity contribution in [2.75, 3.05) is 10.6 Å². The normalized spacial score (nSPS) is 10.7. The second kappa shape index (κ2) is 7.10. The van der Waals surface area contributed by atoms with Crippen molar-refractivity contribution < 1.29 is 8.94 Å². The lowest BCUT2D eigenvalue weighted by molar-refractivity contribution is 0.400. The van der Waals surface area contributed by atoms with Crippen LogP contribution in [-0.2, 0) is 6.54 Å². The number of hydrogen-bond acceptors (Lipinski definition) is 7. The Hall–Kier alpha value is -3.61. The lowest BCUT2D eigenvalue weighted by Crippen LogP contribution is -2.06. The average Bonchev–Trinajstić information content (AvgIpc) is 3.32. The molecule has 2 N–H and O–H groups in total. The van der Waals surface area contributed by atoms with Crippen LogP contribution in [0.15, 0.2) is 69.8 Å². The van der Waals surface area contributed by atoms with Crippen LogP contribution >= 0.6 is 0 Å². The summed E-state index contributed by atoms with van der Waals surface area (Å²) in [4.78, 5) is 9.11. The van der Waals surface area contributed by atoms with E-state index in [1.54, 1.807) is 12.3 Å². The molecule has 0 atom stereocenters. The van der Waals surface area contributed by atoms with E-state index < -0.39 is 0 Å². The number of hydrogen-bond donors (Lipinski definition) is 2. The summed E-state index contributed by atoms with van der Waals surface area (Å²) in [5, 5.41) is 10.3. The van der Waals surface area contributed by atoms with Crippen LogP contribution in [0.4, 0.5) is 17.6 Å². The summed E-state index contributed by atoms with van der Waals surface area (Å²) in [6, 6.07) is 17.3. The summed E-state index contributed by atoms with van der Waals surface area (Å²) in [6.45, 7) is 2.33. The molecule has 0 radical (unpaired) electrons. The Labute approximate surface area is 150 Å². The van der Waals surface area contributed by atoms with Gasteiger partial charge in [-0.2, -0.15) is 4.98 Å². The highest BCUT2D eigenvalue weighted by molar-refractivity contribution is 5.66. The van der Waals surface area contributed by atoms with Gasteiger partial charge in [0.2, 0.25) is 5.95 Å². The number of aryl methyl sites for hydroxylation is 1. The van der Waals surface area contributed by atoms with Crippen LogP contribution in [0.5, 0.6) is 0 Å². The van der Waals surface area contributed by atoms with Crippen LogP contribution in [0.1, 0.15) is 11.5 Å². The predicted octanol–water partition coefficient (Wildman–Crippen LogP) is 4.39. The molecule has 7 nitrogen and oxygen atoms in total. The monoisotopic (exact) mass is 347 g/mol. The Morgan fingerprint density at radius 1 is 0.962 bits per heavy atom. The van der Waals surface area contributed by atoms with Crippen LogP contribution in [0.25, 0.3) is 11.3 Å². The third-order valence-corrected chi connectivity index (χ3v) is 3.68. The molecule has 130 valence electrons. The SMILES string of the molecule is Cc1cc(Nc2cc(-c3ccccc3)nc(NCc3ccco3)n2)no1. The highest BCUT2D eigenvalue weighted by Crippen LogP contribution is 2.23. The molecule has 0 bridgehead atoms. The number of benzene rings is 1. The van der Waals surface area contributed by atoms with Gasteiger partial charge in [0.05, 0.1) is 18.5 Å². The van der Waals surface area contributed by atoms with Crippen LogP contribution in [0.3, 0.4) is 0 Å². The van der Waals surface area contributed by atoms with E-state index in [0.717, 1.165) is 22.8 Å². The highest BCUT2D eigenvalue weighted by Gasteiger charge is 2.09. The van der Waals surface area contributed by atoms with E-state index in [9.17, 15) is 0 Å². The Morgan fingerprint density at radius 2 is 1.85 bits per heavy atom. The Balaban J connectivity index is 1.64. The zero-order valence-corrected chi connectivity index (χ0v) is 14.1. The van der Waals surface area contributed by atoms with Crippen molar-refractivity contribution in [2.45, 2.75) is 13.5 Å². The highest BCUT2D eigenvalue weighted by atomic mass is 16.5. The van der Waals surface area contributed by atoms with Crippen LogP contribution in [0.2, 0.25) is 0 Å². The quantitative estimate of drug-likeness (QED) is 0.535. The van der Waals surface area contributed by atoms with E-state index in [2.05, 4.69) is 25.8 Å². The number of aromatic nitrogens is 3. The van der Waals surface area contributed by atoms with Crippen molar-refractivity contribution >= 4 is 17.6 Å². The van der Waals surface area contributed by atoms with Gasteiger partial charge in [-0.05, 0) is 19.1 Å². The fourth-order valence-corrected chi connectivity index (χ4v) is 2.48. The van der Waals surface area contributed by atoms with Gasteiger partial charge in [-0.3, -0.25) is 0 Å². The Kier molecular flexibility index (Phi) is 4.34.